The molecule has 0 radical (unpaired) electrons. The van der Waals surface area contributed by atoms with Crippen LogP contribution in [0.15, 0.2) is 88.5 Å². The second-order valence-corrected chi connectivity index (χ2v) is 7.26. The van der Waals surface area contributed by atoms with Crippen molar-refractivity contribution in [2.45, 2.75) is 13.0 Å². The van der Waals surface area contributed by atoms with Gasteiger partial charge in [-0.1, -0.05) is 30.3 Å². The minimum absolute atomic E-state index is 0.00628. The van der Waals surface area contributed by atoms with Gasteiger partial charge >= 0.3 is 6.03 Å². The van der Waals surface area contributed by atoms with Crippen molar-refractivity contribution in [3.8, 4) is 0 Å². The van der Waals surface area contributed by atoms with Gasteiger partial charge in [-0.2, -0.15) is 0 Å². The third kappa shape index (κ3) is 5.34. The van der Waals surface area contributed by atoms with Crippen LogP contribution in [0.3, 0.4) is 0 Å². The maximum atomic E-state index is 12.5. The van der Waals surface area contributed by atoms with Gasteiger partial charge in [-0.15, -0.1) is 0 Å². The summed E-state index contributed by atoms with van der Waals surface area (Å²) in [6.45, 7) is 0.0318. The fourth-order valence-electron chi connectivity index (χ4n) is 3.29. The molecule has 0 aliphatic rings. The number of H-pyrrole nitrogens is 1. The average Bonchev–Trinajstić information content (AvgIpc) is 2.82. The minimum Gasteiger partial charge on any atom is -0.326 e. The van der Waals surface area contributed by atoms with Gasteiger partial charge < -0.3 is 16.0 Å². The molecule has 4 aromatic rings. The van der Waals surface area contributed by atoms with E-state index in [1.807, 2.05) is 18.2 Å². The number of aromatic nitrogens is 2. The van der Waals surface area contributed by atoms with E-state index < -0.39 is 0 Å². The Kier molecular flexibility index (Phi) is 6.31. The monoisotopic (exact) mass is 443 g/mol. The Morgan fingerprint density at radius 2 is 1.24 bits per heavy atom. The molecule has 1 heterocycles. The molecule has 1 aromatic heterocycles. The fourth-order valence-corrected chi connectivity index (χ4v) is 3.29. The Labute approximate surface area is 188 Å². The molecule has 9 heteroatoms. The van der Waals surface area contributed by atoms with Crippen LogP contribution in [0.5, 0.6) is 0 Å². The van der Waals surface area contributed by atoms with Crippen LogP contribution in [0.2, 0.25) is 0 Å². The molecule has 0 unspecified atom stereocenters. The lowest BCUT2D eigenvalue weighted by atomic mass is 10.2. The summed E-state index contributed by atoms with van der Waals surface area (Å²) in [5, 5.41) is 11.3. The quantitative estimate of drug-likeness (QED) is 0.365. The Hall–Kier alpha value is -4.66. The van der Waals surface area contributed by atoms with Crippen molar-refractivity contribution < 1.29 is 9.59 Å². The highest BCUT2D eigenvalue weighted by molar-refractivity contribution is 6.00. The van der Waals surface area contributed by atoms with Gasteiger partial charge in [0.25, 0.3) is 11.1 Å². The van der Waals surface area contributed by atoms with Crippen LogP contribution in [0.25, 0.3) is 10.8 Å². The minimum atomic E-state index is -0.384. The van der Waals surface area contributed by atoms with Crippen LogP contribution in [0, 0.1) is 0 Å². The molecule has 0 spiro atoms. The lowest BCUT2D eigenvalue weighted by Gasteiger charge is -2.10. The Balaban J connectivity index is 1.32. The molecular weight excluding hydrogens is 422 g/mol. The highest BCUT2D eigenvalue weighted by atomic mass is 16.2. The maximum absolute atomic E-state index is 12.5. The highest BCUT2D eigenvalue weighted by Crippen LogP contribution is 2.15. The number of carbonyl (C=O) groups is 2. The number of nitrogens with zero attached hydrogens (tertiary/aromatic N) is 1. The number of aromatic amines is 1. The van der Waals surface area contributed by atoms with E-state index in [2.05, 4.69) is 21.0 Å². The number of anilines is 3. The number of amides is 3. The normalized spacial score (nSPS) is 10.5. The summed E-state index contributed by atoms with van der Waals surface area (Å²) in [5.74, 6) is -0.321. The number of benzene rings is 3. The number of urea groups is 1. The second kappa shape index (κ2) is 9.65. The number of aryl methyl sites for hydroxylation is 1. The van der Waals surface area contributed by atoms with E-state index in [0.29, 0.717) is 27.8 Å². The van der Waals surface area contributed by atoms with E-state index in [1.54, 1.807) is 60.7 Å². The second-order valence-electron chi connectivity index (χ2n) is 7.26. The number of rotatable bonds is 6. The van der Waals surface area contributed by atoms with Gasteiger partial charge in [0.05, 0.1) is 17.3 Å². The van der Waals surface area contributed by atoms with Crippen molar-refractivity contribution >= 4 is 39.8 Å². The first-order valence-electron chi connectivity index (χ1n) is 10.2. The van der Waals surface area contributed by atoms with Crippen molar-refractivity contribution in [2.24, 2.45) is 0 Å². The summed E-state index contributed by atoms with van der Waals surface area (Å²) in [6.07, 6.45) is -0.00628. The van der Waals surface area contributed by atoms with Gasteiger partial charge in [0.2, 0.25) is 5.91 Å². The van der Waals surface area contributed by atoms with Crippen molar-refractivity contribution in [3.05, 3.63) is 99.6 Å². The van der Waals surface area contributed by atoms with Crippen molar-refractivity contribution in [1.82, 2.24) is 9.78 Å². The average molecular weight is 443 g/mol. The van der Waals surface area contributed by atoms with E-state index in [9.17, 15) is 19.2 Å². The Morgan fingerprint density at radius 3 is 1.91 bits per heavy atom. The summed E-state index contributed by atoms with van der Waals surface area (Å²) < 4.78 is 1.14. The van der Waals surface area contributed by atoms with Crippen molar-refractivity contribution in [3.63, 3.8) is 0 Å². The molecule has 3 aromatic carbocycles. The molecule has 166 valence electrons. The smallest absolute Gasteiger partial charge is 0.323 e. The summed E-state index contributed by atoms with van der Waals surface area (Å²) in [7, 11) is 0. The maximum Gasteiger partial charge on any atom is 0.323 e. The lowest BCUT2D eigenvalue weighted by molar-refractivity contribution is -0.116. The van der Waals surface area contributed by atoms with Crippen LogP contribution in [-0.2, 0) is 11.3 Å². The number of hydrogen-bond acceptors (Lipinski definition) is 4. The van der Waals surface area contributed by atoms with Gasteiger partial charge in [0.15, 0.2) is 0 Å². The largest absolute Gasteiger partial charge is 0.326 e. The number of para-hydroxylation sites is 1. The third-order valence-electron chi connectivity index (χ3n) is 4.90. The van der Waals surface area contributed by atoms with Gasteiger partial charge in [-0.25, -0.2) is 9.48 Å². The van der Waals surface area contributed by atoms with E-state index >= 15 is 0 Å². The lowest BCUT2D eigenvalue weighted by Crippen LogP contribution is -2.31. The SMILES string of the molecule is O=C(CCn1[nH]c(=O)c2ccccc2c1=O)Nc1ccc(NC(=O)Nc2ccccc2)cc1. The van der Waals surface area contributed by atoms with Crippen LogP contribution in [-0.4, -0.2) is 21.7 Å². The fraction of sp³-hybridized carbons (Fsp3) is 0.0833. The Bertz CT molecular complexity index is 1410. The summed E-state index contributed by atoms with van der Waals surface area (Å²) in [4.78, 5) is 49.0. The molecule has 4 rings (SSSR count). The van der Waals surface area contributed by atoms with Gasteiger partial charge in [-0.3, -0.25) is 19.5 Å². The summed E-state index contributed by atoms with van der Waals surface area (Å²) in [6, 6.07) is 21.8. The zero-order chi connectivity index (χ0) is 23.2. The molecule has 0 saturated heterocycles. The van der Waals surface area contributed by atoms with Crippen molar-refractivity contribution in [1.29, 1.82) is 0 Å². The van der Waals surface area contributed by atoms with E-state index in [1.165, 1.54) is 0 Å². The van der Waals surface area contributed by atoms with Crippen LogP contribution in [0.1, 0.15) is 6.42 Å². The zero-order valence-corrected chi connectivity index (χ0v) is 17.5. The molecule has 0 fully saturated rings. The number of fused-ring (bicyclic) bond motifs is 1. The van der Waals surface area contributed by atoms with Crippen LogP contribution in [0.4, 0.5) is 21.9 Å². The third-order valence-corrected chi connectivity index (χ3v) is 4.90. The van der Waals surface area contributed by atoms with E-state index in [0.717, 1.165) is 4.68 Å². The summed E-state index contributed by atoms with van der Waals surface area (Å²) in [5.41, 5.74) is 1.02. The zero-order valence-electron chi connectivity index (χ0n) is 17.5. The molecule has 9 nitrogen and oxygen atoms in total. The van der Waals surface area contributed by atoms with Gasteiger partial charge in [0.1, 0.15) is 0 Å². The predicted octanol–water partition coefficient (Wildman–Crippen LogP) is 3.36. The molecule has 0 atom stereocenters. The first-order chi connectivity index (χ1) is 16.0. The molecule has 0 bridgehead atoms. The van der Waals surface area contributed by atoms with Gasteiger partial charge in [0, 0.05) is 23.5 Å². The van der Waals surface area contributed by atoms with Crippen LogP contribution >= 0.6 is 0 Å². The molecule has 33 heavy (non-hydrogen) atoms. The number of nitrogens with one attached hydrogen (secondary N) is 4. The molecule has 3 amide bonds. The predicted molar refractivity (Wildman–Crippen MR) is 128 cm³/mol. The molecule has 0 aliphatic carbocycles. The number of carbonyl (C=O) groups excluding carboxylic acids is 2. The van der Waals surface area contributed by atoms with E-state index in [4.69, 9.17) is 0 Å². The topological polar surface area (TPSA) is 125 Å². The molecular formula is C24H21N5O4. The number of hydrogen-bond donors (Lipinski definition) is 4. The van der Waals surface area contributed by atoms with Crippen molar-refractivity contribution in [2.75, 3.05) is 16.0 Å². The molecule has 0 saturated carbocycles. The first-order valence-corrected chi connectivity index (χ1v) is 10.2. The highest BCUT2D eigenvalue weighted by Gasteiger charge is 2.09. The first kappa shape index (κ1) is 21.6. The standard InChI is InChI=1S/C24H21N5O4/c30-21(14-15-29-23(32)20-9-5-4-8-19(20)22(31)28-29)25-17-10-12-18(13-11-17)27-24(33)26-16-6-2-1-3-7-16/h1-13H,14-15H2,(H,25,30)(H,28,31)(H2,26,27,33). The van der Waals surface area contributed by atoms with Gasteiger partial charge in [-0.05, 0) is 48.5 Å². The van der Waals surface area contributed by atoms with E-state index in [-0.39, 0.29) is 36.0 Å². The Morgan fingerprint density at radius 1 is 0.697 bits per heavy atom. The molecule has 0 aliphatic heterocycles. The summed E-state index contributed by atoms with van der Waals surface area (Å²) >= 11 is 0. The molecule has 4 N–H and O–H groups in total. The van der Waals surface area contributed by atoms with Crippen LogP contribution < -0.4 is 27.1 Å².